The first kappa shape index (κ1) is 18.8. The summed E-state index contributed by atoms with van der Waals surface area (Å²) in [4.78, 5) is 8.74. The van der Waals surface area contributed by atoms with Gasteiger partial charge in [0.15, 0.2) is 0 Å². The maximum absolute atomic E-state index is 15.1. The van der Waals surface area contributed by atoms with Gasteiger partial charge in [-0.3, -0.25) is 4.98 Å². The van der Waals surface area contributed by atoms with Gasteiger partial charge < -0.3 is 10.4 Å². The molecule has 29 heavy (non-hydrogen) atoms. The third-order valence-electron chi connectivity index (χ3n) is 4.72. The Bertz CT molecular complexity index is 1070. The van der Waals surface area contributed by atoms with E-state index in [2.05, 4.69) is 15.3 Å². The summed E-state index contributed by atoms with van der Waals surface area (Å²) in [6.45, 7) is -0.0821. The average Bonchev–Trinajstić information content (AvgIpc) is 2.79. The molecule has 0 fully saturated rings. The zero-order chi connectivity index (χ0) is 20.1. The van der Waals surface area contributed by atoms with Crippen LogP contribution in [0.25, 0.3) is 22.4 Å². The van der Waals surface area contributed by atoms with Crippen LogP contribution >= 0.6 is 0 Å². The lowest BCUT2D eigenvalue weighted by Crippen LogP contribution is -2.15. The molecule has 0 amide bonds. The predicted molar refractivity (Wildman–Crippen MR) is 113 cm³/mol. The van der Waals surface area contributed by atoms with Crippen LogP contribution in [0.1, 0.15) is 11.6 Å². The van der Waals surface area contributed by atoms with Crippen LogP contribution in [0.2, 0.25) is 0 Å². The van der Waals surface area contributed by atoms with Crippen LogP contribution in [0.4, 0.5) is 10.2 Å². The molecule has 4 rings (SSSR count). The highest BCUT2D eigenvalue weighted by molar-refractivity contribution is 5.72. The van der Waals surface area contributed by atoms with Crippen molar-refractivity contribution < 1.29 is 9.50 Å². The number of nitrogens with zero attached hydrogens (tertiary/aromatic N) is 2. The molecule has 1 aromatic heterocycles. The molecule has 0 aliphatic rings. The molecule has 1 atom stereocenters. The van der Waals surface area contributed by atoms with Gasteiger partial charge in [-0.15, -0.1) is 0 Å². The van der Waals surface area contributed by atoms with Crippen molar-refractivity contribution in [1.82, 2.24) is 9.97 Å². The van der Waals surface area contributed by atoms with Crippen molar-refractivity contribution in [3.63, 3.8) is 0 Å². The third-order valence-corrected chi connectivity index (χ3v) is 4.72. The highest BCUT2D eigenvalue weighted by Crippen LogP contribution is 2.30. The zero-order valence-electron chi connectivity index (χ0n) is 15.7. The summed E-state index contributed by atoms with van der Waals surface area (Å²) in [5.74, 6) is 0.183. The number of rotatable bonds is 6. The van der Waals surface area contributed by atoms with E-state index >= 15 is 4.39 Å². The Kier molecular flexibility index (Phi) is 5.59. The van der Waals surface area contributed by atoms with Crippen LogP contribution in [0.5, 0.6) is 0 Å². The summed E-state index contributed by atoms with van der Waals surface area (Å²) in [7, 11) is 0. The van der Waals surface area contributed by atoms with Gasteiger partial charge >= 0.3 is 0 Å². The van der Waals surface area contributed by atoms with E-state index in [0.29, 0.717) is 22.6 Å². The third kappa shape index (κ3) is 4.15. The number of hydrogen-bond acceptors (Lipinski definition) is 4. The molecule has 5 heteroatoms. The number of hydrogen-bond donors (Lipinski definition) is 2. The molecule has 3 aromatic carbocycles. The van der Waals surface area contributed by atoms with Crippen LogP contribution in [0, 0.1) is 5.82 Å². The zero-order valence-corrected chi connectivity index (χ0v) is 15.7. The molecular formula is C24H20FN3O. The molecule has 4 nitrogen and oxygen atoms in total. The topological polar surface area (TPSA) is 58.0 Å². The SMILES string of the molecule is OC[C@H](Nc1cnc(-c2cccc(-c3ccccc3)c2F)cn1)c1ccccc1. The van der Waals surface area contributed by atoms with Crippen LogP contribution in [0.15, 0.2) is 91.3 Å². The van der Waals surface area contributed by atoms with Gasteiger partial charge in [0.2, 0.25) is 0 Å². The number of halogens is 1. The monoisotopic (exact) mass is 385 g/mol. The lowest BCUT2D eigenvalue weighted by Gasteiger charge is -2.17. The predicted octanol–water partition coefficient (Wildman–Crippen LogP) is 5.10. The fourth-order valence-corrected chi connectivity index (χ4v) is 3.21. The maximum atomic E-state index is 15.1. The summed E-state index contributed by atoms with van der Waals surface area (Å²) in [6.07, 6.45) is 3.09. The van der Waals surface area contributed by atoms with Gasteiger partial charge in [-0.1, -0.05) is 72.8 Å². The van der Waals surface area contributed by atoms with E-state index in [0.717, 1.165) is 11.1 Å². The molecule has 0 unspecified atom stereocenters. The van der Waals surface area contributed by atoms with E-state index in [-0.39, 0.29) is 18.5 Å². The molecule has 0 spiro atoms. The number of anilines is 1. The second kappa shape index (κ2) is 8.63. The molecule has 2 N–H and O–H groups in total. The fourth-order valence-electron chi connectivity index (χ4n) is 3.21. The second-order valence-electron chi connectivity index (χ2n) is 6.61. The quantitative estimate of drug-likeness (QED) is 0.485. The van der Waals surface area contributed by atoms with Gasteiger partial charge in [-0.25, -0.2) is 9.37 Å². The molecule has 0 aliphatic heterocycles. The number of aromatic nitrogens is 2. The maximum Gasteiger partial charge on any atom is 0.145 e. The minimum Gasteiger partial charge on any atom is -0.394 e. The normalized spacial score (nSPS) is 11.8. The summed E-state index contributed by atoms with van der Waals surface area (Å²) in [5.41, 5.74) is 3.13. The Morgan fingerprint density at radius 3 is 2.14 bits per heavy atom. The molecule has 4 aromatic rings. The van der Waals surface area contributed by atoms with Crippen LogP contribution in [-0.2, 0) is 0 Å². The highest BCUT2D eigenvalue weighted by atomic mass is 19.1. The van der Waals surface area contributed by atoms with E-state index in [1.807, 2.05) is 66.7 Å². The Labute approximate surface area is 168 Å². The van der Waals surface area contributed by atoms with E-state index < -0.39 is 0 Å². The van der Waals surface area contributed by atoms with Crippen molar-refractivity contribution in [3.05, 3.63) is 103 Å². The van der Waals surface area contributed by atoms with Crippen molar-refractivity contribution in [3.8, 4) is 22.4 Å². The number of aliphatic hydroxyl groups excluding tert-OH is 1. The highest BCUT2D eigenvalue weighted by Gasteiger charge is 2.14. The van der Waals surface area contributed by atoms with E-state index in [1.54, 1.807) is 18.3 Å². The van der Waals surface area contributed by atoms with Gasteiger partial charge in [-0.05, 0) is 17.2 Å². The molecule has 0 radical (unpaired) electrons. The summed E-state index contributed by atoms with van der Waals surface area (Å²) in [6, 6.07) is 24.0. The Hall–Kier alpha value is -3.57. The van der Waals surface area contributed by atoms with Crippen molar-refractivity contribution in [2.24, 2.45) is 0 Å². The van der Waals surface area contributed by atoms with Gasteiger partial charge in [0, 0.05) is 11.1 Å². The van der Waals surface area contributed by atoms with Crippen molar-refractivity contribution in [1.29, 1.82) is 0 Å². The Morgan fingerprint density at radius 1 is 0.793 bits per heavy atom. The molecule has 1 heterocycles. The smallest absolute Gasteiger partial charge is 0.145 e. The lowest BCUT2D eigenvalue weighted by molar-refractivity contribution is 0.276. The van der Waals surface area contributed by atoms with Gasteiger partial charge in [0.05, 0.1) is 30.7 Å². The summed E-state index contributed by atoms with van der Waals surface area (Å²) >= 11 is 0. The van der Waals surface area contributed by atoms with E-state index in [1.165, 1.54) is 6.20 Å². The minimum absolute atomic E-state index is 0.0821. The summed E-state index contributed by atoms with van der Waals surface area (Å²) in [5, 5.41) is 12.8. The number of aliphatic hydroxyl groups is 1. The fraction of sp³-hybridized carbons (Fsp3) is 0.0833. The molecule has 0 saturated heterocycles. The largest absolute Gasteiger partial charge is 0.394 e. The Morgan fingerprint density at radius 2 is 1.48 bits per heavy atom. The van der Waals surface area contributed by atoms with Crippen molar-refractivity contribution in [2.75, 3.05) is 11.9 Å². The van der Waals surface area contributed by atoms with Crippen molar-refractivity contribution in [2.45, 2.75) is 6.04 Å². The Balaban J connectivity index is 1.59. The molecule has 0 saturated carbocycles. The van der Waals surface area contributed by atoms with Crippen molar-refractivity contribution >= 4 is 5.82 Å². The minimum atomic E-state index is -0.328. The van der Waals surface area contributed by atoms with Gasteiger partial charge in [0.1, 0.15) is 11.6 Å². The number of benzene rings is 3. The molecule has 0 aliphatic carbocycles. The van der Waals surface area contributed by atoms with E-state index in [4.69, 9.17) is 0 Å². The first-order valence-corrected chi connectivity index (χ1v) is 9.35. The van der Waals surface area contributed by atoms with E-state index in [9.17, 15) is 5.11 Å². The van der Waals surface area contributed by atoms with Gasteiger partial charge in [-0.2, -0.15) is 0 Å². The summed E-state index contributed by atoms with van der Waals surface area (Å²) < 4.78 is 15.1. The molecule has 144 valence electrons. The first-order valence-electron chi connectivity index (χ1n) is 9.35. The standard InChI is InChI=1S/C24H20FN3O/c25-24-19(17-8-3-1-4-9-17)12-7-13-20(24)21-14-27-23(15-26-21)28-22(16-29)18-10-5-2-6-11-18/h1-15,22,29H,16H2,(H,27,28)/t22-/m0/s1. The molecule has 0 bridgehead atoms. The molecular weight excluding hydrogens is 365 g/mol. The average molecular weight is 385 g/mol. The van der Waals surface area contributed by atoms with Crippen LogP contribution in [0.3, 0.4) is 0 Å². The first-order chi connectivity index (χ1) is 14.3. The van der Waals surface area contributed by atoms with Crippen LogP contribution < -0.4 is 5.32 Å². The lowest BCUT2D eigenvalue weighted by atomic mass is 10.0. The number of nitrogens with one attached hydrogen (secondary N) is 1. The van der Waals surface area contributed by atoms with Crippen LogP contribution in [-0.4, -0.2) is 21.7 Å². The van der Waals surface area contributed by atoms with Gasteiger partial charge in [0.25, 0.3) is 0 Å². The second-order valence-corrected chi connectivity index (χ2v) is 6.61.